The van der Waals surface area contributed by atoms with Crippen molar-refractivity contribution in [2.24, 2.45) is 0 Å². The summed E-state index contributed by atoms with van der Waals surface area (Å²) in [6, 6.07) is 16.5. The maximum absolute atomic E-state index is 12.9. The Hall–Kier alpha value is -2.60. The highest BCUT2D eigenvalue weighted by atomic mass is 35.5. The van der Waals surface area contributed by atoms with Gasteiger partial charge in [0.25, 0.3) is 0 Å². The molecule has 0 amide bonds. The van der Waals surface area contributed by atoms with E-state index < -0.39 is 0 Å². The van der Waals surface area contributed by atoms with Gasteiger partial charge in [-0.05, 0) is 38.2 Å². The first-order chi connectivity index (χ1) is 14.9. The van der Waals surface area contributed by atoms with Gasteiger partial charge in [0.15, 0.2) is 17.3 Å². The number of likely N-dealkylation sites (N-methyl/N-ethyl adjacent to an activating group) is 1. The molecule has 1 aromatic heterocycles. The number of benzene rings is 2. The molecule has 162 valence electrons. The van der Waals surface area contributed by atoms with Crippen molar-refractivity contribution in [3.8, 4) is 17.4 Å². The van der Waals surface area contributed by atoms with Crippen molar-refractivity contribution in [1.82, 2.24) is 9.88 Å². The number of Topliss-reactive ketones (excluding diaryl/α,β-unsaturated/α-hetero) is 1. The maximum atomic E-state index is 12.9. The predicted molar refractivity (Wildman–Crippen MR) is 124 cm³/mol. The van der Waals surface area contributed by atoms with Gasteiger partial charge in [0.1, 0.15) is 6.61 Å². The second-order valence-electron chi connectivity index (χ2n) is 7.23. The molecule has 0 spiro atoms. The zero-order valence-electron chi connectivity index (χ0n) is 17.5. The van der Waals surface area contributed by atoms with Gasteiger partial charge in [-0.3, -0.25) is 4.79 Å². The average molecular weight is 459 g/mol. The summed E-state index contributed by atoms with van der Waals surface area (Å²) in [7, 11) is 3.91. The summed E-state index contributed by atoms with van der Waals surface area (Å²) >= 11 is 12.4. The van der Waals surface area contributed by atoms with Crippen LogP contribution in [0.4, 0.5) is 0 Å². The molecular weight excluding hydrogens is 435 g/mol. The highest BCUT2D eigenvalue weighted by molar-refractivity contribution is 6.42. The Morgan fingerprint density at radius 2 is 1.71 bits per heavy atom. The minimum Gasteiger partial charge on any atom is -0.488 e. The Morgan fingerprint density at radius 3 is 2.42 bits per heavy atom. The number of aromatic nitrogens is 1. The first kappa shape index (κ1) is 23.1. The number of nitrogens with zero attached hydrogens (tertiary/aromatic N) is 2. The van der Waals surface area contributed by atoms with E-state index in [0.29, 0.717) is 53.1 Å². The lowest BCUT2D eigenvalue weighted by Crippen LogP contribution is -2.19. The number of ether oxygens (including phenoxy) is 2. The van der Waals surface area contributed by atoms with Crippen molar-refractivity contribution in [2.45, 2.75) is 12.8 Å². The number of aryl methyl sites for hydroxylation is 1. The number of hydrogen-bond acceptors (Lipinski definition) is 5. The molecule has 0 saturated heterocycles. The first-order valence-electron chi connectivity index (χ1n) is 9.90. The second-order valence-corrected chi connectivity index (χ2v) is 8.05. The molecule has 3 aromatic rings. The third-order valence-electron chi connectivity index (χ3n) is 4.54. The summed E-state index contributed by atoms with van der Waals surface area (Å²) < 4.78 is 11.8. The first-order valence-corrected chi connectivity index (χ1v) is 10.7. The number of rotatable bonds is 10. The fraction of sp³-hybridized carbons (Fsp3) is 0.250. The van der Waals surface area contributed by atoms with E-state index in [1.54, 1.807) is 30.5 Å². The van der Waals surface area contributed by atoms with E-state index in [9.17, 15) is 4.79 Å². The Bertz CT molecular complexity index is 1030. The molecule has 2 aromatic carbocycles. The molecule has 0 aliphatic carbocycles. The van der Waals surface area contributed by atoms with Gasteiger partial charge in [-0.2, -0.15) is 0 Å². The van der Waals surface area contributed by atoms with Crippen LogP contribution in [0.1, 0.15) is 22.3 Å². The Kier molecular flexibility index (Phi) is 8.29. The summed E-state index contributed by atoms with van der Waals surface area (Å²) in [5.41, 5.74) is 1.51. The molecule has 7 heteroatoms. The monoisotopic (exact) mass is 458 g/mol. The van der Waals surface area contributed by atoms with E-state index in [4.69, 9.17) is 32.7 Å². The summed E-state index contributed by atoms with van der Waals surface area (Å²) in [6.07, 6.45) is 2.56. The quantitative estimate of drug-likeness (QED) is 0.352. The fourth-order valence-electron chi connectivity index (χ4n) is 2.87. The largest absolute Gasteiger partial charge is 0.488 e. The van der Waals surface area contributed by atoms with Gasteiger partial charge in [0, 0.05) is 31.3 Å². The number of hydrogen-bond donors (Lipinski definition) is 0. The highest BCUT2D eigenvalue weighted by Crippen LogP contribution is 2.39. The minimum atomic E-state index is -0.0536. The van der Waals surface area contributed by atoms with Gasteiger partial charge in [-0.15, -0.1) is 0 Å². The van der Waals surface area contributed by atoms with Crippen LogP contribution < -0.4 is 9.47 Å². The van der Waals surface area contributed by atoms with Gasteiger partial charge < -0.3 is 14.4 Å². The van der Waals surface area contributed by atoms with E-state index in [0.717, 1.165) is 5.56 Å². The smallest absolute Gasteiger partial charge is 0.230 e. The Morgan fingerprint density at radius 1 is 1.00 bits per heavy atom. The number of carbonyl (C=O) groups excluding carboxylic acids is 1. The summed E-state index contributed by atoms with van der Waals surface area (Å²) in [5.74, 6) is 0.937. The standard InChI is InChI=1S/C24H24Cl2N2O3/c1-28(2)13-14-30-22-15-19(25)20(26)16-23(22)31-24-18(9-6-12-27-24)21(29)11-10-17-7-4-3-5-8-17/h3-9,12,15-16H,10-11,13-14H2,1-2H3. The molecule has 0 aliphatic rings. The average Bonchev–Trinajstić information content (AvgIpc) is 2.76. The van der Waals surface area contributed by atoms with Crippen LogP contribution in [0.25, 0.3) is 0 Å². The summed E-state index contributed by atoms with van der Waals surface area (Å²) in [4.78, 5) is 19.1. The Labute approximate surface area is 192 Å². The zero-order valence-corrected chi connectivity index (χ0v) is 19.0. The fourth-order valence-corrected chi connectivity index (χ4v) is 3.17. The molecule has 5 nitrogen and oxygen atoms in total. The van der Waals surface area contributed by atoms with Crippen LogP contribution in [0, 0.1) is 0 Å². The van der Waals surface area contributed by atoms with Gasteiger partial charge in [-0.25, -0.2) is 4.98 Å². The van der Waals surface area contributed by atoms with E-state index in [-0.39, 0.29) is 11.7 Å². The van der Waals surface area contributed by atoms with E-state index >= 15 is 0 Å². The molecular formula is C24H24Cl2N2O3. The number of pyridine rings is 1. The lowest BCUT2D eigenvalue weighted by molar-refractivity contribution is 0.0980. The van der Waals surface area contributed by atoms with E-state index in [2.05, 4.69) is 4.98 Å². The van der Waals surface area contributed by atoms with Crippen LogP contribution in [0.5, 0.6) is 17.4 Å². The topological polar surface area (TPSA) is 51.7 Å². The van der Waals surface area contributed by atoms with Gasteiger partial charge in [-0.1, -0.05) is 53.5 Å². The second kappa shape index (κ2) is 11.1. The number of ketones is 1. The molecule has 0 radical (unpaired) electrons. The molecule has 31 heavy (non-hydrogen) atoms. The van der Waals surface area contributed by atoms with Crippen LogP contribution in [-0.4, -0.2) is 42.9 Å². The molecule has 0 atom stereocenters. The zero-order chi connectivity index (χ0) is 22.2. The molecule has 3 rings (SSSR count). The van der Waals surface area contributed by atoms with Crippen molar-refractivity contribution in [2.75, 3.05) is 27.2 Å². The lowest BCUT2D eigenvalue weighted by Gasteiger charge is -2.16. The number of halogens is 2. The van der Waals surface area contributed by atoms with Crippen LogP contribution in [-0.2, 0) is 6.42 Å². The lowest BCUT2D eigenvalue weighted by atomic mass is 10.0. The highest BCUT2D eigenvalue weighted by Gasteiger charge is 2.18. The molecule has 1 heterocycles. The molecule has 0 fully saturated rings. The van der Waals surface area contributed by atoms with Crippen LogP contribution in [0.15, 0.2) is 60.8 Å². The van der Waals surface area contributed by atoms with Crippen LogP contribution in [0.3, 0.4) is 0 Å². The molecule has 0 unspecified atom stereocenters. The van der Waals surface area contributed by atoms with Crippen molar-refractivity contribution in [3.05, 3.63) is 82.0 Å². The molecule has 0 saturated carbocycles. The predicted octanol–water partition coefficient (Wildman–Crippen LogP) is 5.94. The number of carbonyl (C=O) groups is 1. The summed E-state index contributed by atoms with van der Waals surface area (Å²) in [6.45, 7) is 1.15. The van der Waals surface area contributed by atoms with Crippen LogP contribution in [0.2, 0.25) is 10.0 Å². The SMILES string of the molecule is CN(C)CCOc1cc(Cl)c(Cl)cc1Oc1ncccc1C(=O)CCc1ccccc1. The van der Waals surface area contributed by atoms with Crippen molar-refractivity contribution in [1.29, 1.82) is 0 Å². The third kappa shape index (κ3) is 6.69. The van der Waals surface area contributed by atoms with Gasteiger partial charge in [0.2, 0.25) is 5.88 Å². The van der Waals surface area contributed by atoms with E-state index in [1.807, 2.05) is 49.3 Å². The summed E-state index contributed by atoms with van der Waals surface area (Å²) in [5, 5.41) is 0.679. The van der Waals surface area contributed by atoms with Crippen LogP contribution >= 0.6 is 23.2 Å². The molecule has 0 bridgehead atoms. The van der Waals surface area contributed by atoms with Gasteiger partial charge in [0.05, 0.1) is 15.6 Å². The minimum absolute atomic E-state index is 0.0536. The molecule has 0 N–H and O–H groups in total. The van der Waals surface area contributed by atoms with Crippen molar-refractivity contribution < 1.29 is 14.3 Å². The van der Waals surface area contributed by atoms with E-state index in [1.165, 1.54) is 0 Å². The molecule has 0 aliphatic heterocycles. The third-order valence-corrected chi connectivity index (χ3v) is 5.27. The van der Waals surface area contributed by atoms with Gasteiger partial charge >= 0.3 is 0 Å². The maximum Gasteiger partial charge on any atom is 0.230 e. The van der Waals surface area contributed by atoms with Crippen molar-refractivity contribution >= 4 is 29.0 Å². The Balaban J connectivity index is 1.79. The van der Waals surface area contributed by atoms with Crippen molar-refractivity contribution in [3.63, 3.8) is 0 Å². The normalized spacial score (nSPS) is 10.9.